The lowest BCUT2D eigenvalue weighted by molar-refractivity contribution is -0.120. The first-order chi connectivity index (χ1) is 5.79. The van der Waals surface area contributed by atoms with E-state index in [1.165, 1.54) is 25.7 Å². The van der Waals surface area contributed by atoms with Gasteiger partial charge in [0.05, 0.1) is 6.10 Å². The van der Waals surface area contributed by atoms with Gasteiger partial charge in [0.25, 0.3) is 0 Å². The third kappa shape index (κ3) is 1.01. The Hall–Kier alpha value is -0.0800. The second-order valence-corrected chi connectivity index (χ2v) is 4.23. The summed E-state index contributed by atoms with van der Waals surface area (Å²) in [6, 6.07) is 0.427. The third-order valence-electron chi connectivity index (χ3n) is 3.75. The minimum absolute atomic E-state index is 0.399. The molecule has 0 amide bonds. The molecule has 0 radical (unpaired) electrons. The van der Waals surface area contributed by atoms with Gasteiger partial charge in [0.15, 0.2) is 0 Å². The molecule has 2 atom stereocenters. The second kappa shape index (κ2) is 3.00. The number of hydrogen-bond acceptors (Lipinski definition) is 2. The first-order valence-electron chi connectivity index (χ1n) is 5.17. The highest BCUT2D eigenvalue weighted by Gasteiger charge is 2.54. The van der Waals surface area contributed by atoms with Gasteiger partial charge < -0.3 is 10.5 Å². The van der Waals surface area contributed by atoms with Gasteiger partial charge in [0, 0.05) is 18.1 Å². The summed E-state index contributed by atoms with van der Waals surface area (Å²) in [5.74, 6) is 0. The molecule has 2 aliphatic carbocycles. The van der Waals surface area contributed by atoms with Crippen LogP contribution >= 0.6 is 0 Å². The summed E-state index contributed by atoms with van der Waals surface area (Å²) >= 11 is 0. The van der Waals surface area contributed by atoms with Crippen molar-refractivity contribution in [3.05, 3.63) is 0 Å². The summed E-state index contributed by atoms with van der Waals surface area (Å²) in [6.07, 6.45) is 6.90. The van der Waals surface area contributed by atoms with E-state index in [9.17, 15) is 0 Å². The van der Waals surface area contributed by atoms with E-state index in [1.54, 1.807) is 0 Å². The monoisotopic (exact) mass is 169 g/mol. The fraction of sp³-hybridized carbons (Fsp3) is 1.00. The topological polar surface area (TPSA) is 35.2 Å². The minimum atomic E-state index is 0.399. The van der Waals surface area contributed by atoms with Crippen molar-refractivity contribution in [3.63, 3.8) is 0 Å². The van der Waals surface area contributed by atoms with Gasteiger partial charge in [-0.3, -0.25) is 0 Å². The number of nitrogens with two attached hydrogens (primary N) is 1. The van der Waals surface area contributed by atoms with Crippen LogP contribution in [0.3, 0.4) is 0 Å². The molecule has 0 aliphatic heterocycles. The highest BCUT2D eigenvalue weighted by atomic mass is 16.5. The van der Waals surface area contributed by atoms with E-state index in [0.717, 1.165) is 13.0 Å². The van der Waals surface area contributed by atoms with Gasteiger partial charge in [-0.05, 0) is 26.2 Å². The Labute approximate surface area is 74.5 Å². The SMILES string of the molecule is CCO[C@H]1C[C@H](N)C12CCCC2. The van der Waals surface area contributed by atoms with Crippen molar-refractivity contribution in [1.29, 1.82) is 0 Å². The maximum Gasteiger partial charge on any atom is 0.0660 e. The lowest BCUT2D eigenvalue weighted by Crippen LogP contribution is -2.60. The zero-order valence-corrected chi connectivity index (χ0v) is 7.88. The molecule has 12 heavy (non-hydrogen) atoms. The maximum absolute atomic E-state index is 6.06. The van der Waals surface area contributed by atoms with Crippen molar-refractivity contribution in [3.8, 4) is 0 Å². The number of rotatable bonds is 2. The largest absolute Gasteiger partial charge is 0.378 e. The van der Waals surface area contributed by atoms with Crippen LogP contribution in [0.5, 0.6) is 0 Å². The smallest absolute Gasteiger partial charge is 0.0660 e. The predicted molar refractivity (Wildman–Crippen MR) is 48.9 cm³/mol. The van der Waals surface area contributed by atoms with Crippen LogP contribution in [0.1, 0.15) is 39.0 Å². The molecule has 0 bridgehead atoms. The molecule has 0 saturated heterocycles. The fourth-order valence-electron chi connectivity index (χ4n) is 2.94. The molecule has 1 spiro atoms. The molecule has 2 saturated carbocycles. The molecule has 0 aromatic carbocycles. The van der Waals surface area contributed by atoms with Crippen LogP contribution < -0.4 is 5.73 Å². The van der Waals surface area contributed by atoms with E-state index >= 15 is 0 Å². The molecular formula is C10H19NO. The van der Waals surface area contributed by atoms with Crippen molar-refractivity contribution < 1.29 is 4.74 Å². The van der Waals surface area contributed by atoms with Crippen LogP contribution in [0, 0.1) is 5.41 Å². The Morgan fingerprint density at radius 1 is 1.42 bits per heavy atom. The molecule has 2 heteroatoms. The molecule has 70 valence electrons. The van der Waals surface area contributed by atoms with Gasteiger partial charge >= 0.3 is 0 Å². The summed E-state index contributed by atoms with van der Waals surface area (Å²) in [6.45, 7) is 2.92. The number of hydrogen-bond donors (Lipinski definition) is 1. The van der Waals surface area contributed by atoms with Crippen LogP contribution in [0.4, 0.5) is 0 Å². The van der Waals surface area contributed by atoms with E-state index in [4.69, 9.17) is 10.5 Å². The van der Waals surface area contributed by atoms with E-state index in [0.29, 0.717) is 17.6 Å². The molecule has 0 aromatic heterocycles. The average molecular weight is 169 g/mol. The first-order valence-corrected chi connectivity index (χ1v) is 5.17. The lowest BCUT2D eigenvalue weighted by atomic mass is 9.61. The molecule has 0 unspecified atom stereocenters. The van der Waals surface area contributed by atoms with E-state index in [2.05, 4.69) is 6.92 Å². The number of ether oxygens (including phenoxy) is 1. The summed E-state index contributed by atoms with van der Waals surface area (Å²) in [5.41, 5.74) is 6.46. The van der Waals surface area contributed by atoms with Crippen molar-refractivity contribution in [2.45, 2.75) is 51.2 Å². The standard InChI is InChI=1S/C10H19NO/c1-2-12-9-7-8(11)10(9)5-3-4-6-10/h8-9H,2-7,11H2,1H3/t8-,9-/m0/s1. The molecule has 0 aromatic rings. The zero-order chi connectivity index (χ0) is 8.60. The van der Waals surface area contributed by atoms with Gasteiger partial charge in [0.2, 0.25) is 0 Å². The van der Waals surface area contributed by atoms with Crippen LogP contribution in [-0.2, 0) is 4.74 Å². The molecule has 0 heterocycles. The summed E-state index contributed by atoms with van der Waals surface area (Å²) < 4.78 is 5.71. The van der Waals surface area contributed by atoms with Crippen molar-refractivity contribution in [2.75, 3.05) is 6.61 Å². The van der Waals surface area contributed by atoms with Gasteiger partial charge in [-0.25, -0.2) is 0 Å². The van der Waals surface area contributed by atoms with Crippen molar-refractivity contribution >= 4 is 0 Å². The second-order valence-electron chi connectivity index (χ2n) is 4.23. The van der Waals surface area contributed by atoms with E-state index in [-0.39, 0.29) is 0 Å². The lowest BCUT2D eigenvalue weighted by Gasteiger charge is -2.52. The van der Waals surface area contributed by atoms with Crippen molar-refractivity contribution in [1.82, 2.24) is 0 Å². The highest BCUT2D eigenvalue weighted by molar-refractivity contribution is 5.08. The molecule has 2 nitrogen and oxygen atoms in total. The molecule has 2 fully saturated rings. The Morgan fingerprint density at radius 2 is 2.08 bits per heavy atom. The zero-order valence-electron chi connectivity index (χ0n) is 7.88. The van der Waals surface area contributed by atoms with Gasteiger partial charge in [-0.15, -0.1) is 0 Å². The van der Waals surface area contributed by atoms with Gasteiger partial charge in [-0.2, -0.15) is 0 Å². The maximum atomic E-state index is 6.06. The summed E-state index contributed by atoms with van der Waals surface area (Å²) in [5, 5.41) is 0. The molecule has 2 aliphatic rings. The van der Waals surface area contributed by atoms with Crippen LogP contribution in [0.2, 0.25) is 0 Å². The Morgan fingerprint density at radius 3 is 2.58 bits per heavy atom. The molecular weight excluding hydrogens is 150 g/mol. The van der Waals surface area contributed by atoms with Gasteiger partial charge in [0.1, 0.15) is 0 Å². The quantitative estimate of drug-likeness (QED) is 0.682. The Bertz CT molecular complexity index is 161. The molecule has 2 N–H and O–H groups in total. The van der Waals surface area contributed by atoms with Crippen molar-refractivity contribution in [2.24, 2.45) is 11.1 Å². The Kier molecular flexibility index (Phi) is 2.13. The average Bonchev–Trinajstić information content (AvgIpc) is 2.55. The summed E-state index contributed by atoms with van der Waals surface area (Å²) in [4.78, 5) is 0. The van der Waals surface area contributed by atoms with E-state index < -0.39 is 0 Å². The Balaban J connectivity index is 2.00. The highest BCUT2D eigenvalue weighted by Crippen LogP contribution is 2.53. The van der Waals surface area contributed by atoms with Crippen LogP contribution in [0.25, 0.3) is 0 Å². The normalized spacial score (nSPS) is 38.5. The van der Waals surface area contributed by atoms with Crippen LogP contribution in [-0.4, -0.2) is 18.8 Å². The minimum Gasteiger partial charge on any atom is -0.378 e. The van der Waals surface area contributed by atoms with Gasteiger partial charge in [-0.1, -0.05) is 12.8 Å². The third-order valence-corrected chi connectivity index (χ3v) is 3.75. The van der Waals surface area contributed by atoms with Crippen LogP contribution in [0.15, 0.2) is 0 Å². The first kappa shape index (κ1) is 8.52. The fourth-order valence-corrected chi connectivity index (χ4v) is 2.94. The van der Waals surface area contributed by atoms with E-state index in [1.807, 2.05) is 0 Å². The molecule has 2 rings (SSSR count). The predicted octanol–water partition coefficient (Wildman–Crippen LogP) is 1.68. The summed E-state index contributed by atoms with van der Waals surface area (Å²) in [7, 11) is 0.